The third kappa shape index (κ3) is 2.51. The summed E-state index contributed by atoms with van der Waals surface area (Å²) in [5.74, 6) is 0. The monoisotopic (exact) mass is 306 g/mol. The van der Waals surface area contributed by atoms with Gasteiger partial charge < -0.3 is 14.0 Å². The molecule has 2 aliphatic rings. The molecule has 2 aliphatic heterocycles. The van der Waals surface area contributed by atoms with E-state index in [1.807, 2.05) is 11.6 Å². The zero-order valence-corrected chi connectivity index (χ0v) is 14.6. The Kier molecular flexibility index (Phi) is 3.90. The molecule has 0 amide bonds. The van der Waals surface area contributed by atoms with Gasteiger partial charge in [0, 0.05) is 17.8 Å². The Bertz CT molecular complexity index is 546. The van der Waals surface area contributed by atoms with E-state index >= 15 is 0 Å². The summed E-state index contributed by atoms with van der Waals surface area (Å²) in [5, 5.41) is 4.71. The lowest BCUT2D eigenvalue weighted by atomic mass is 9.77. The van der Waals surface area contributed by atoms with Gasteiger partial charge in [-0.15, -0.1) is 0 Å². The predicted octanol–water partition coefficient (Wildman–Crippen LogP) is 2.50. The van der Waals surface area contributed by atoms with E-state index in [1.54, 1.807) is 0 Å². The number of aromatic nitrogens is 2. The van der Waals surface area contributed by atoms with Crippen molar-refractivity contribution in [2.24, 2.45) is 0 Å². The highest BCUT2D eigenvalue weighted by Gasteiger charge is 2.53. The molecule has 0 spiro atoms. The van der Waals surface area contributed by atoms with Crippen LogP contribution in [0, 0.1) is 13.8 Å². The van der Waals surface area contributed by atoms with Crippen LogP contribution in [-0.2, 0) is 14.0 Å². The first-order valence-electron chi connectivity index (χ1n) is 8.26. The van der Waals surface area contributed by atoms with E-state index in [-0.39, 0.29) is 24.5 Å². The van der Waals surface area contributed by atoms with Gasteiger partial charge in [-0.1, -0.05) is 0 Å². The fourth-order valence-corrected chi connectivity index (χ4v) is 3.17. The molecule has 122 valence electrons. The van der Waals surface area contributed by atoms with Crippen LogP contribution in [0.2, 0.25) is 0 Å². The van der Waals surface area contributed by atoms with E-state index in [2.05, 4.69) is 34.6 Å². The Morgan fingerprint density at radius 2 is 1.73 bits per heavy atom. The molecule has 0 aliphatic carbocycles. The van der Waals surface area contributed by atoms with E-state index in [9.17, 15) is 0 Å². The minimum absolute atomic E-state index is 0.0450. The first-order valence-corrected chi connectivity index (χ1v) is 8.26. The highest BCUT2D eigenvalue weighted by atomic mass is 16.7. The Balaban J connectivity index is 1.91. The molecule has 0 saturated carbocycles. The van der Waals surface area contributed by atoms with Crippen LogP contribution in [0.5, 0.6) is 0 Å². The molecule has 3 heterocycles. The van der Waals surface area contributed by atoms with Gasteiger partial charge in [0.05, 0.1) is 16.9 Å². The number of aryl methyl sites for hydroxylation is 1. The molecule has 0 unspecified atom stereocenters. The fourth-order valence-electron chi connectivity index (χ4n) is 3.17. The smallest absolute Gasteiger partial charge is 0.399 e. The van der Waals surface area contributed by atoms with Crippen LogP contribution in [0.3, 0.4) is 0 Å². The molecule has 2 fully saturated rings. The Hall–Kier alpha value is -0.845. The molecule has 2 saturated heterocycles. The van der Waals surface area contributed by atoms with Gasteiger partial charge in [-0.2, -0.15) is 5.10 Å². The number of hydrogen-bond donors (Lipinski definition) is 0. The van der Waals surface area contributed by atoms with Gasteiger partial charge in [0.25, 0.3) is 0 Å². The van der Waals surface area contributed by atoms with Crippen LogP contribution in [0.4, 0.5) is 0 Å². The zero-order chi connectivity index (χ0) is 16.1. The van der Waals surface area contributed by atoms with Crippen LogP contribution < -0.4 is 5.46 Å². The van der Waals surface area contributed by atoms with Crippen molar-refractivity contribution in [2.45, 2.75) is 78.2 Å². The lowest BCUT2D eigenvalue weighted by Gasteiger charge is -2.32. The normalized spacial score (nSPS) is 27.4. The number of hydrogen-bond acceptors (Lipinski definition) is 4. The van der Waals surface area contributed by atoms with Crippen LogP contribution in [0.25, 0.3) is 0 Å². The lowest BCUT2D eigenvalue weighted by Crippen LogP contribution is -2.41. The van der Waals surface area contributed by atoms with E-state index in [1.165, 1.54) is 6.42 Å². The van der Waals surface area contributed by atoms with Crippen LogP contribution in [-0.4, -0.2) is 34.7 Å². The molecule has 0 radical (unpaired) electrons. The molecule has 1 aromatic rings. The SMILES string of the molecule is Cc1nn([C@H]2CCCCO2)c(C)c1B1OC(C)(C)C(C)(C)O1. The Morgan fingerprint density at radius 1 is 1.09 bits per heavy atom. The van der Waals surface area contributed by atoms with E-state index in [0.29, 0.717) is 0 Å². The van der Waals surface area contributed by atoms with Gasteiger partial charge in [-0.25, -0.2) is 4.68 Å². The Morgan fingerprint density at radius 3 is 2.27 bits per heavy atom. The third-order valence-corrected chi connectivity index (χ3v) is 5.30. The second-order valence-corrected chi connectivity index (χ2v) is 7.44. The van der Waals surface area contributed by atoms with Gasteiger partial charge in [-0.05, 0) is 60.8 Å². The second kappa shape index (κ2) is 5.36. The lowest BCUT2D eigenvalue weighted by molar-refractivity contribution is -0.0407. The maximum Gasteiger partial charge on any atom is 0.498 e. The van der Waals surface area contributed by atoms with Crippen molar-refractivity contribution in [1.82, 2.24) is 9.78 Å². The maximum atomic E-state index is 6.20. The first-order chi connectivity index (χ1) is 10.2. The van der Waals surface area contributed by atoms with Crippen LogP contribution in [0.1, 0.15) is 64.6 Å². The zero-order valence-electron chi connectivity index (χ0n) is 14.6. The highest BCUT2D eigenvalue weighted by Crippen LogP contribution is 2.37. The Labute approximate surface area is 133 Å². The number of nitrogens with zero attached hydrogens (tertiary/aromatic N) is 2. The molecule has 1 aromatic heterocycles. The van der Waals surface area contributed by atoms with Crippen molar-refractivity contribution in [3.05, 3.63) is 11.4 Å². The largest absolute Gasteiger partial charge is 0.498 e. The van der Waals surface area contributed by atoms with Crippen molar-refractivity contribution in [2.75, 3.05) is 6.61 Å². The number of ether oxygens (including phenoxy) is 1. The summed E-state index contributed by atoms with van der Waals surface area (Å²) in [6.07, 6.45) is 3.39. The van der Waals surface area contributed by atoms with Crippen molar-refractivity contribution in [1.29, 1.82) is 0 Å². The quantitative estimate of drug-likeness (QED) is 0.788. The van der Waals surface area contributed by atoms with E-state index < -0.39 is 0 Å². The first kappa shape index (κ1) is 16.0. The minimum Gasteiger partial charge on any atom is -0.399 e. The van der Waals surface area contributed by atoms with Crippen molar-refractivity contribution >= 4 is 12.6 Å². The number of rotatable bonds is 2. The average Bonchev–Trinajstić information content (AvgIpc) is 2.84. The summed E-state index contributed by atoms with van der Waals surface area (Å²) in [6, 6.07) is 0. The van der Waals surface area contributed by atoms with Gasteiger partial charge in [-0.3, -0.25) is 0 Å². The van der Waals surface area contributed by atoms with E-state index in [0.717, 1.165) is 36.3 Å². The fraction of sp³-hybridized carbons (Fsp3) is 0.812. The van der Waals surface area contributed by atoms with Crippen molar-refractivity contribution < 1.29 is 14.0 Å². The van der Waals surface area contributed by atoms with Gasteiger partial charge in [0.15, 0.2) is 0 Å². The van der Waals surface area contributed by atoms with Crippen molar-refractivity contribution in [3.8, 4) is 0 Å². The third-order valence-electron chi connectivity index (χ3n) is 5.30. The molecule has 6 heteroatoms. The topological polar surface area (TPSA) is 45.5 Å². The maximum absolute atomic E-state index is 6.20. The van der Waals surface area contributed by atoms with Gasteiger partial charge in [0.1, 0.15) is 6.23 Å². The molecule has 0 N–H and O–H groups in total. The summed E-state index contributed by atoms with van der Waals surface area (Å²) in [7, 11) is -0.359. The van der Waals surface area contributed by atoms with Gasteiger partial charge in [0.2, 0.25) is 0 Å². The average molecular weight is 306 g/mol. The molecule has 0 aromatic carbocycles. The summed E-state index contributed by atoms with van der Waals surface area (Å²) < 4.78 is 20.3. The summed E-state index contributed by atoms with van der Waals surface area (Å²) in [4.78, 5) is 0. The van der Waals surface area contributed by atoms with Gasteiger partial charge >= 0.3 is 7.12 Å². The molecular formula is C16H27BN2O3. The molecule has 3 rings (SSSR count). The minimum atomic E-state index is -0.359. The van der Waals surface area contributed by atoms with Crippen LogP contribution in [0.15, 0.2) is 0 Å². The molecular weight excluding hydrogens is 279 g/mol. The standard InChI is InChI=1S/C16H27BN2O3/c1-11-14(17-21-15(3,4)16(5,6)22-17)12(2)19(18-11)13-9-7-8-10-20-13/h13H,7-10H2,1-6H3/t13-/m1/s1. The summed E-state index contributed by atoms with van der Waals surface area (Å²) in [5.41, 5.74) is 2.43. The molecule has 0 bridgehead atoms. The second-order valence-electron chi connectivity index (χ2n) is 7.44. The molecule has 22 heavy (non-hydrogen) atoms. The summed E-state index contributed by atoms with van der Waals surface area (Å²) >= 11 is 0. The predicted molar refractivity (Wildman–Crippen MR) is 86.3 cm³/mol. The van der Waals surface area contributed by atoms with Crippen molar-refractivity contribution in [3.63, 3.8) is 0 Å². The molecule has 1 atom stereocenters. The van der Waals surface area contributed by atoms with E-state index in [4.69, 9.17) is 19.1 Å². The summed E-state index contributed by atoms with van der Waals surface area (Å²) in [6.45, 7) is 13.2. The highest BCUT2D eigenvalue weighted by molar-refractivity contribution is 6.63. The van der Waals surface area contributed by atoms with Crippen LogP contribution >= 0.6 is 0 Å². The molecule has 5 nitrogen and oxygen atoms in total.